The third-order valence-corrected chi connectivity index (χ3v) is 3.53. The van der Waals surface area contributed by atoms with Gasteiger partial charge in [-0.3, -0.25) is 0 Å². The van der Waals surface area contributed by atoms with Crippen LogP contribution in [0.1, 0.15) is 24.9 Å². The van der Waals surface area contributed by atoms with E-state index in [0.717, 1.165) is 24.3 Å². The summed E-state index contributed by atoms with van der Waals surface area (Å²) in [6.07, 6.45) is 0.884. The third-order valence-electron chi connectivity index (χ3n) is 3.23. The van der Waals surface area contributed by atoms with Gasteiger partial charge < -0.3 is 10.1 Å². The summed E-state index contributed by atoms with van der Waals surface area (Å²) in [5.74, 6) is 0.501. The Morgan fingerprint density at radius 2 is 1.95 bits per heavy atom. The maximum atomic E-state index is 13.4. The normalized spacial score (nSPS) is 12.1. The molecule has 2 aromatic carbocycles. The van der Waals surface area contributed by atoms with Gasteiger partial charge in [0.15, 0.2) is 0 Å². The van der Waals surface area contributed by atoms with Crippen molar-refractivity contribution in [2.75, 3.05) is 13.2 Å². The highest BCUT2D eigenvalue weighted by molar-refractivity contribution is 6.30. The molecular formula is C17H19ClFNO. The second-order valence-corrected chi connectivity index (χ2v) is 5.27. The van der Waals surface area contributed by atoms with Gasteiger partial charge in [-0.1, -0.05) is 35.9 Å². The molecule has 2 rings (SSSR count). The van der Waals surface area contributed by atoms with Crippen LogP contribution < -0.4 is 10.1 Å². The maximum Gasteiger partial charge on any atom is 0.142 e. The number of halogens is 2. The minimum atomic E-state index is -0.379. The van der Waals surface area contributed by atoms with Gasteiger partial charge in [0.05, 0.1) is 11.6 Å². The number of benzene rings is 2. The topological polar surface area (TPSA) is 21.3 Å². The first-order valence-corrected chi connectivity index (χ1v) is 7.41. The van der Waals surface area contributed by atoms with Gasteiger partial charge >= 0.3 is 0 Å². The van der Waals surface area contributed by atoms with E-state index in [1.165, 1.54) is 6.07 Å². The van der Waals surface area contributed by atoms with Crippen LogP contribution in [0.3, 0.4) is 0 Å². The second-order valence-electron chi connectivity index (χ2n) is 4.86. The molecule has 0 saturated carbocycles. The lowest BCUT2D eigenvalue weighted by molar-refractivity contribution is 0.305. The fraction of sp³-hybridized carbons (Fsp3) is 0.294. The van der Waals surface area contributed by atoms with E-state index in [-0.39, 0.29) is 16.9 Å². The van der Waals surface area contributed by atoms with Gasteiger partial charge in [0.2, 0.25) is 0 Å². The number of hydrogen-bond donors (Lipinski definition) is 1. The first-order valence-electron chi connectivity index (χ1n) is 7.03. The summed E-state index contributed by atoms with van der Waals surface area (Å²) >= 11 is 5.68. The molecule has 0 aliphatic rings. The van der Waals surface area contributed by atoms with Crippen molar-refractivity contribution in [3.8, 4) is 5.75 Å². The average Bonchev–Trinajstić information content (AvgIpc) is 2.50. The maximum absolute atomic E-state index is 13.4. The molecular weight excluding hydrogens is 289 g/mol. The van der Waals surface area contributed by atoms with E-state index < -0.39 is 0 Å². The lowest BCUT2D eigenvalue weighted by Gasteiger charge is -2.15. The van der Waals surface area contributed by atoms with E-state index in [1.807, 2.05) is 43.3 Å². The van der Waals surface area contributed by atoms with Crippen molar-refractivity contribution in [3.05, 3.63) is 64.9 Å². The highest BCUT2D eigenvalue weighted by Gasteiger charge is 2.07. The fourth-order valence-electron chi connectivity index (χ4n) is 2.00. The zero-order chi connectivity index (χ0) is 15.1. The molecule has 1 unspecified atom stereocenters. The van der Waals surface area contributed by atoms with Crippen molar-refractivity contribution in [3.63, 3.8) is 0 Å². The first-order chi connectivity index (χ1) is 10.2. The van der Waals surface area contributed by atoms with E-state index >= 15 is 0 Å². The van der Waals surface area contributed by atoms with Crippen LogP contribution in [0, 0.1) is 5.82 Å². The number of para-hydroxylation sites is 1. The Morgan fingerprint density at radius 1 is 1.19 bits per heavy atom. The molecule has 112 valence electrons. The van der Waals surface area contributed by atoms with Crippen LogP contribution in [0.15, 0.2) is 48.5 Å². The fourth-order valence-corrected chi connectivity index (χ4v) is 2.11. The van der Waals surface area contributed by atoms with E-state index in [9.17, 15) is 4.39 Å². The van der Waals surface area contributed by atoms with Crippen LogP contribution in [0.5, 0.6) is 5.75 Å². The molecule has 1 atom stereocenters. The van der Waals surface area contributed by atoms with Crippen LogP contribution in [-0.4, -0.2) is 13.2 Å². The standard InChI is InChI=1S/C17H19ClFNO/c1-13(14-8-9-16(18)17(19)12-14)20-10-5-11-21-15-6-3-2-4-7-15/h2-4,6-9,12-13,20H,5,10-11H2,1H3. The summed E-state index contributed by atoms with van der Waals surface area (Å²) in [5.41, 5.74) is 0.890. The highest BCUT2D eigenvalue weighted by atomic mass is 35.5. The molecule has 0 saturated heterocycles. The van der Waals surface area contributed by atoms with Gasteiger partial charge in [-0.25, -0.2) is 4.39 Å². The van der Waals surface area contributed by atoms with Gasteiger partial charge in [0.25, 0.3) is 0 Å². The molecule has 2 aromatic rings. The minimum Gasteiger partial charge on any atom is -0.494 e. The SMILES string of the molecule is CC(NCCCOc1ccccc1)c1ccc(Cl)c(F)c1. The molecule has 0 heterocycles. The van der Waals surface area contributed by atoms with Crippen molar-refractivity contribution >= 4 is 11.6 Å². The summed E-state index contributed by atoms with van der Waals surface area (Å²) in [4.78, 5) is 0. The molecule has 0 radical (unpaired) electrons. The number of hydrogen-bond acceptors (Lipinski definition) is 2. The highest BCUT2D eigenvalue weighted by Crippen LogP contribution is 2.20. The molecule has 0 aromatic heterocycles. The summed E-state index contributed by atoms with van der Waals surface area (Å²) in [5, 5.41) is 3.50. The summed E-state index contributed by atoms with van der Waals surface area (Å²) in [7, 11) is 0. The minimum absolute atomic E-state index is 0.0773. The van der Waals surface area contributed by atoms with Crippen LogP contribution in [0.4, 0.5) is 4.39 Å². The van der Waals surface area contributed by atoms with Gasteiger partial charge in [0, 0.05) is 6.04 Å². The van der Waals surface area contributed by atoms with Crippen LogP contribution in [0.25, 0.3) is 0 Å². The zero-order valence-electron chi connectivity index (χ0n) is 12.0. The van der Waals surface area contributed by atoms with Gasteiger partial charge in [-0.05, 0) is 49.7 Å². The molecule has 0 amide bonds. The van der Waals surface area contributed by atoms with Gasteiger partial charge in [0.1, 0.15) is 11.6 Å². The molecule has 0 aliphatic carbocycles. The lowest BCUT2D eigenvalue weighted by Crippen LogP contribution is -2.21. The molecule has 0 aliphatic heterocycles. The Labute approximate surface area is 129 Å². The van der Waals surface area contributed by atoms with Crippen molar-refractivity contribution in [1.29, 1.82) is 0 Å². The number of rotatable bonds is 7. The Kier molecular flexibility index (Phi) is 6.03. The summed E-state index contributed by atoms with van der Waals surface area (Å²) in [6, 6.07) is 14.7. The Morgan fingerprint density at radius 3 is 2.67 bits per heavy atom. The van der Waals surface area contributed by atoms with E-state index in [0.29, 0.717) is 6.61 Å². The third kappa shape index (κ3) is 5.03. The zero-order valence-corrected chi connectivity index (χ0v) is 12.7. The van der Waals surface area contributed by atoms with Crippen molar-refractivity contribution in [1.82, 2.24) is 5.32 Å². The largest absolute Gasteiger partial charge is 0.494 e. The van der Waals surface area contributed by atoms with Gasteiger partial charge in [-0.15, -0.1) is 0 Å². The van der Waals surface area contributed by atoms with Crippen molar-refractivity contribution in [2.45, 2.75) is 19.4 Å². The molecule has 21 heavy (non-hydrogen) atoms. The molecule has 1 N–H and O–H groups in total. The summed E-state index contributed by atoms with van der Waals surface area (Å²) in [6.45, 7) is 3.46. The first kappa shape index (κ1) is 15.8. The summed E-state index contributed by atoms with van der Waals surface area (Å²) < 4.78 is 19.0. The predicted molar refractivity (Wildman–Crippen MR) is 84.4 cm³/mol. The van der Waals surface area contributed by atoms with Crippen LogP contribution in [0.2, 0.25) is 5.02 Å². The quantitative estimate of drug-likeness (QED) is 0.755. The molecule has 0 fully saturated rings. The molecule has 0 spiro atoms. The Bertz CT molecular complexity index is 562. The van der Waals surface area contributed by atoms with Crippen LogP contribution in [-0.2, 0) is 0 Å². The monoisotopic (exact) mass is 307 g/mol. The lowest BCUT2D eigenvalue weighted by atomic mass is 10.1. The second kappa shape index (κ2) is 8.01. The van der Waals surface area contributed by atoms with E-state index in [1.54, 1.807) is 6.07 Å². The van der Waals surface area contributed by atoms with Crippen molar-refractivity contribution < 1.29 is 9.13 Å². The van der Waals surface area contributed by atoms with E-state index in [4.69, 9.17) is 16.3 Å². The smallest absolute Gasteiger partial charge is 0.142 e. The number of ether oxygens (including phenoxy) is 1. The Balaban J connectivity index is 1.69. The molecule has 2 nitrogen and oxygen atoms in total. The van der Waals surface area contributed by atoms with Crippen molar-refractivity contribution in [2.24, 2.45) is 0 Å². The predicted octanol–water partition coefficient (Wildman–Crippen LogP) is 4.60. The van der Waals surface area contributed by atoms with Gasteiger partial charge in [-0.2, -0.15) is 0 Å². The number of nitrogens with one attached hydrogen (secondary N) is 1. The Hall–Kier alpha value is -1.58. The molecule has 4 heteroatoms. The average molecular weight is 308 g/mol. The van der Waals surface area contributed by atoms with E-state index in [2.05, 4.69) is 5.32 Å². The van der Waals surface area contributed by atoms with Crippen LogP contribution >= 0.6 is 11.6 Å². The molecule has 0 bridgehead atoms.